The first kappa shape index (κ1) is 19.6. The maximum atomic E-state index is 11.9. The highest BCUT2D eigenvalue weighted by molar-refractivity contribution is 6.40. The van der Waals surface area contributed by atoms with Gasteiger partial charge < -0.3 is 14.8 Å². The van der Waals surface area contributed by atoms with Crippen LogP contribution in [0.1, 0.15) is 5.56 Å². The Morgan fingerprint density at radius 1 is 1.00 bits per heavy atom. The molecule has 7 nitrogen and oxygen atoms in total. The summed E-state index contributed by atoms with van der Waals surface area (Å²) >= 11 is 11.7. The summed E-state index contributed by atoms with van der Waals surface area (Å²) in [7, 11) is 3.03. The van der Waals surface area contributed by atoms with Crippen molar-refractivity contribution in [1.29, 1.82) is 0 Å². The molecule has 0 aliphatic carbocycles. The van der Waals surface area contributed by atoms with Gasteiger partial charge in [0, 0.05) is 21.3 Å². The van der Waals surface area contributed by atoms with Crippen LogP contribution in [0.25, 0.3) is 0 Å². The predicted molar refractivity (Wildman–Crippen MR) is 100 cm³/mol. The number of carbonyl (C=O) groups excluding carboxylic acids is 2. The number of halogens is 2. The lowest BCUT2D eigenvalue weighted by molar-refractivity contribution is -0.136. The number of ether oxygens (including phenoxy) is 2. The molecule has 0 saturated carbocycles. The van der Waals surface area contributed by atoms with Crippen LogP contribution in [0, 0.1) is 0 Å². The lowest BCUT2D eigenvalue weighted by atomic mass is 10.2. The van der Waals surface area contributed by atoms with Gasteiger partial charge in [0.15, 0.2) is 0 Å². The van der Waals surface area contributed by atoms with Crippen molar-refractivity contribution in [3.8, 4) is 11.5 Å². The zero-order chi connectivity index (χ0) is 19.1. The fraction of sp³-hybridized carbons (Fsp3) is 0.118. The van der Waals surface area contributed by atoms with Gasteiger partial charge in [-0.2, -0.15) is 5.10 Å². The number of rotatable bonds is 5. The molecule has 0 atom stereocenters. The normalized spacial score (nSPS) is 10.5. The van der Waals surface area contributed by atoms with E-state index < -0.39 is 11.8 Å². The molecule has 0 aliphatic heterocycles. The number of benzene rings is 2. The van der Waals surface area contributed by atoms with Gasteiger partial charge >= 0.3 is 11.8 Å². The second-order valence-electron chi connectivity index (χ2n) is 4.92. The van der Waals surface area contributed by atoms with E-state index >= 15 is 0 Å². The average molecular weight is 396 g/mol. The van der Waals surface area contributed by atoms with E-state index in [4.69, 9.17) is 32.7 Å². The van der Waals surface area contributed by atoms with Crippen molar-refractivity contribution >= 4 is 46.9 Å². The van der Waals surface area contributed by atoms with Crippen molar-refractivity contribution in [2.45, 2.75) is 0 Å². The molecule has 2 N–H and O–H groups in total. The third-order valence-corrected chi connectivity index (χ3v) is 3.57. The first-order valence-corrected chi connectivity index (χ1v) is 8.01. The largest absolute Gasteiger partial charge is 0.497 e. The van der Waals surface area contributed by atoms with Gasteiger partial charge in [0.2, 0.25) is 0 Å². The summed E-state index contributed by atoms with van der Waals surface area (Å²) in [5, 5.41) is 6.78. The Balaban J connectivity index is 2.01. The van der Waals surface area contributed by atoms with Crippen LogP contribution in [0.5, 0.6) is 11.5 Å². The number of nitrogens with one attached hydrogen (secondary N) is 2. The van der Waals surface area contributed by atoms with Crippen LogP contribution in [0.3, 0.4) is 0 Å². The van der Waals surface area contributed by atoms with Crippen molar-refractivity contribution in [1.82, 2.24) is 5.43 Å². The van der Waals surface area contributed by atoms with Crippen LogP contribution in [0.4, 0.5) is 5.69 Å². The smallest absolute Gasteiger partial charge is 0.329 e. The van der Waals surface area contributed by atoms with E-state index in [1.807, 2.05) is 0 Å². The number of carbonyl (C=O) groups is 2. The third-order valence-electron chi connectivity index (χ3n) is 3.13. The molecule has 0 unspecified atom stereocenters. The molecule has 0 aliphatic rings. The first-order valence-electron chi connectivity index (χ1n) is 7.25. The van der Waals surface area contributed by atoms with E-state index in [-0.39, 0.29) is 0 Å². The van der Waals surface area contributed by atoms with Gasteiger partial charge in [-0.25, -0.2) is 5.43 Å². The van der Waals surface area contributed by atoms with E-state index in [9.17, 15) is 9.59 Å². The van der Waals surface area contributed by atoms with E-state index in [0.717, 1.165) is 0 Å². The monoisotopic (exact) mass is 395 g/mol. The quantitative estimate of drug-likeness (QED) is 0.462. The van der Waals surface area contributed by atoms with Gasteiger partial charge in [0.1, 0.15) is 11.5 Å². The van der Waals surface area contributed by atoms with E-state index in [1.165, 1.54) is 38.6 Å². The van der Waals surface area contributed by atoms with Gasteiger partial charge in [0.25, 0.3) is 0 Å². The molecule has 2 amide bonds. The molecule has 0 bridgehead atoms. The fourth-order valence-corrected chi connectivity index (χ4v) is 2.49. The molecular formula is C17H15Cl2N3O4. The number of hydrazone groups is 1. The lowest BCUT2D eigenvalue weighted by Crippen LogP contribution is -2.32. The second kappa shape index (κ2) is 9.07. The average Bonchev–Trinajstić information content (AvgIpc) is 2.60. The number of anilines is 1. The maximum Gasteiger partial charge on any atom is 0.329 e. The van der Waals surface area contributed by atoms with E-state index in [1.54, 1.807) is 18.2 Å². The van der Waals surface area contributed by atoms with Crippen LogP contribution in [-0.2, 0) is 9.59 Å². The van der Waals surface area contributed by atoms with Gasteiger partial charge in [-0.1, -0.05) is 23.2 Å². The van der Waals surface area contributed by atoms with Crippen LogP contribution in [0.2, 0.25) is 10.0 Å². The molecule has 2 aromatic rings. The van der Waals surface area contributed by atoms with Crippen molar-refractivity contribution in [2.24, 2.45) is 5.10 Å². The number of nitrogens with zero attached hydrogens (tertiary/aromatic N) is 1. The topological polar surface area (TPSA) is 89.0 Å². The zero-order valence-electron chi connectivity index (χ0n) is 13.9. The van der Waals surface area contributed by atoms with Gasteiger partial charge in [-0.05, 0) is 36.4 Å². The summed E-state index contributed by atoms with van der Waals surface area (Å²) in [4.78, 5) is 23.7. The Hall–Kier alpha value is -2.77. The molecule has 0 fully saturated rings. The molecule has 136 valence electrons. The maximum absolute atomic E-state index is 11.9. The van der Waals surface area contributed by atoms with Crippen LogP contribution in [0.15, 0.2) is 41.5 Å². The number of hydrogen-bond acceptors (Lipinski definition) is 5. The standard InChI is InChI=1S/C17H15Cl2N3O4/c1-25-14-3-4-15(26-2)10(5-14)9-20-22-17(24)16(23)21-13-7-11(18)6-12(19)8-13/h3-9H,1-2H3,(H,21,23)(H,22,24)/b20-9-. The summed E-state index contributed by atoms with van der Waals surface area (Å²) in [6.07, 6.45) is 1.34. The van der Waals surface area contributed by atoms with Crippen molar-refractivity contribution in [2.75, 3.05) is 19.5 Å². The summed E-state index contributed by atoms with van der Waals surface area (Å²) in [6.45, 7) is 0. The van der Waals surface area contributed by atoms with Crippen LogP contribution < -0.4 is 20.2 Å². The van der Waals surface area contributed by atoms with E-state index in [0.29, 0.717) is 32.8 Å². The second-order valence-corrected chi connectivity index (χ2v) is 5.79. The Kier molecular flexibility index (Phi) is 6.82. The van der Waals surface area contributed by atoms with Crippen molar-refractivity contribution in [3.63, 3.8) is 0 Å². The Morgan fingerprint density at radius 3 is 2.31 bits per heavy atom. The molecular weight excluding hydrogens is 381 g/mol. The third kappa shape index (κ3) is 5.37. The van der Waals surface area contributed by atoms with Crippen LogP contribution in [-0.4, -0.2) is 32.2 Å². The summed E-state index contributed by atoms with van der Waals surface area (Å²) in [6, 6.07) is 9.51. The Labute approximate surface area is 159 Å². The molecule has 0 heterocycles. The minimum atomic E-state index is -0.959. The Morgan fingerprint density at radius 2 is 1.69 bits per heavy atom. The van der Waals surface area contributed by atoms with E-state index in [2.05, 4.69) is 15.8 Å². The van der Waals surface area contributed by atoms with Crippen molar-refractivity contribution in [3.05, 3.63) is 52.0 Å². The zero-order valence-corrected chi connectivity index (χ0v) is 15.4. The minimum Gasteiger partial charge on any atom is -0.497 e. The highest BCUT2D eigenvalue weighted by Crippen LogP contribution is 2.23. The highest BCUT2D eigenvalue weighted by Gasteiger charge is 2.13. The molecule has 9 heteroatoms. The lowest BCUT2D eigenvalue weighted by Gasteiger charge is -2.07. The van der Waals surface area contributed by atoms with Gasteiger partial charge in [0.05, 0.1) is 20.4 Å². The summed E-state index contributed by atoms with van der Waals surface area (Å²) < 4.78 is 10.3. The number of hydrogen-bond donors (Lipinski definition) is 2. The Bertz CT molecular complexity index is 836. The molecule has 2 aromatic carbocycles. The molecule has 0 radical (unpaired) electrons. The van der Waals surface area contributed by atoms with Crippen LogP contribution >= 0.6 is 23.2 Å². The minimum absolute atomic E-state index is 0.293. The number of methoxy groups -OCH3 is 2. The highest BCUT2D eigenvalue weighted by atomic mass is 35.5. The van der Waals surface area contributed by atoms with Gasteiger partial charge in [-0.3, -0.25) is 9.59 Å². The van der Waals surface area contributed by atoms with Crippen molar-refractivity contribution < 1.29 is 19.1 Å². The SMILES string of the molecule is COc1ccc(OC)c(/C=N\NC(=O)C(=O)Nc2cc(Cl)cc(Cl)c2)c1. The molecule has 26 heavy (non-hydrogen) atoms. The molecule has 0 aromatic heterocycles. The number of amides is 2. The molecule has 0 spiro atoms. The fourth-order valence-electron chi connectivity index (χ4n) is 1.97. The molecule has 0 saturated heterocycles. The molecule has 2 rings (SSSR count). The first-order chi connectivity index (χ1) is 12.4. The van der Waals surface area contributed by atoms with Gasteiger partial charge in [-0.15, -0.1) is 0 Å². The predicted octanol–water partition coefficient (Wildman–Crippen LogP) is 3.10. The summed E-state index contributed by atoms with van der Waals surface area (Å²) in [5.74, 6) is -0.756. The summed E-state index contributed by atoms with van der Waals surface area (Å²) in [5.41, 5.74) is 2.98.